The highest BCUT2D eigenvalue weighted by atomic mass is 15.5. The highest BCUT2D eigenvalue weighted by Gasteiger charge is 2.35. The molecule has 0 spiro atoms. The molecule has 0 bridgehead atoms. The van der Waals surface area contributed by atoms with Crippen molar-refractivity contribution < 1.29 is 0 Å². The van der Waals surface area contributed by atoms with Crippen LogP contribution in [0.1, 0.15) is 13.8 Å². The summed E-state index contributed by atoms with van der Waals surface area (Å²) in [5, 5.41) is 6.94. The minimum atomic E-state index is 0.526. The van der Waals surface area contributed by atoms with Crippen LogP contribution in [0.25, 0.3) is 0 Å². The quantitative estimate of drug-likeness (QED) is 0.478. The molecule has 0 saturated carbocycles. The lowest BCUT2D eigenvalue weighted by Gasteiger charge is -2.16. The summed E-state index contributed by atoms with van der Waals surface area (Å²) >= 11 is 0. The molecule has 11 heavy (non-hydrogen) atoms. The third-order valence-electron chi connectivity index (χ3n) is 2.25. The Morgan fingerprint density at radius 3 is 2.82 bits per heavy atom. The van der Waals surface area contributed by atoms with Gasteiger partial charge in [-0.2, -0.15) is 0 Å². The van der Waals surface area contributed by atoms with Crippen LogP contribution in [-0.4, -0.2) is 42.0 Å². The van der Waals surface area contributed by atoms with Crippen LogP contribution in [0.15, 0.2) is 5.70 Å². The van der Waals surface area contributed by atoms with Gasteiger partial charge in [-0.15, -0.1) is 0 Å². The summed E-state index contributed by atoms with van der Waals surface area (Å²) in [4.78, 5) is 4.43. The second-order valence-electron chi connectivity index (χ2n) is 2.89. The van der Waals surface area contributed by atoms with Crippen LogP contribution in [0.5, 0.6) is 0 Å². The lowest BCUT2D eigenvalue weighted by molar-refractivity contribution is 0.330. The van der Waals surface area contributed by atoms with Gasteiger partial charge in [0, 0.05) is 13.6 Å². The maximum absolute atomic E-state index is 6.94. The minimum absolute atomic E-state index is 0.526. The van der Waals surface area contributed by atoms with Crippen molar-refractivity contribution in [1.82, 2.24) is 9.80 Å². The van der Waals surface area contributed by atoms with E-state index in [0.717, 1.165) is 18.8 Å². The Balaban J connectivity index is 2.45. The molecule has 0 aliphatic carbocycles. The second-order valence-corrected chi connectivity index (χ2v) is 2.89. The van der Waals surface area contributed by atoms with Gasteiger partial charge in [0.2, 0.25) is 0 Å². The first-order valence-corrected chi connectivity index (χ1v) is 3.94. The minimum Gasteiger partial charge on any atom is -0.354 e. The Hall–Kier alpha value is -0.790. The first kappa shape index (κ1) is 8.31. The van der Waals surface area contributed by atoms with E-state index in [1.807, 2.05) is 14.0 Å². The van der Waals surface area contributed by atoms with Gasteiger partial charge in [-0.05, 0) is 19.3 Å². The smallest absolute Gasteiger partial charge is 0.0951 e. The number of allylic oxidation sites excluding steroid dienone is 1. The van der Waals surface area contributed by atoms with Crippen LogP contribution in [0.3, 0.4) is 0 Å². The molecule has 1 rings (SSSR count). The average molecular weight is 153 g/mol. The summed E-state index contributed by atoms with van der Waals surface area (Å²) in [6.45, 7) is 6.29. The van der Waals surface area contributed by atoms with Crippen molar-refractivity contribution in [2.45, 2.75) is 20.0 Å². The molecule has 1 fully saturated rings. The molecule has 3 heteroatoms. The Morgan fingerprint density at radius 1 is 1.82 bits per heavy atom. The van der Waals surface area contributed by atoms with Crippen LogP contribution in [0.2, 0.25) is 0 Å². The fourth-order valence-electron chi connectivity index (χ4n) is 1.18. The maximum atomic E-state index is 6.94. The molecule has 0 amide bonds. The number of likely N-dealkylation sites (N-methyl/N-ethyl adjacent to an activating group) is 2. The largest absolute Gasteiger partial charge is 0.354 e. The van der Waals surface area contributed by atoms with Gasteiger partial charge in [-0.25, -0.2) is 0 Å². The number of nitrogens with zero attached hydrogens (tertiary/aromatic N) is 2. The molecule has 0 aromatic carbocycles. The van der Waals surface area contributed by atoms with Crippen LogP contribution < -0.4 is 0 Å². The van der Waals surface area contributed by atoms with Gasteiger partial charge in [-0.1, -0.05) is 6.92 Å². The topological polar surface area (TPSA) is 30.1 Å². The summed E-state index contributed by atoms with van der Waals surface area (Å²) in [5.41, 5.74) is 0.908. The second kappa shape index (κ2) is 3.07. The van der Waals surface area contributed by atoms with Crippen molar-refractivity contribution in [3.8, 4) is 0 Å². The fourth-order valence-corrected chi connectivity index (χ4v) is 1.18. The molecule has 1 aliphatic heterocycles. The summed E-state index contributed by atoms with van der Waals surface area (Å²) < 4.78 is 0. The molecule has 3 nitrogen and oxygen atoms in total. The number of hydrogen-bond donors (Lipinski definition) is 1. The summed E-state index contributed by atoms with van der Waals surface area (Å²) in [7, 11) is 2.01. The summed E-state index contributed by atoms with van der Waals surface area (Å²) in [6.07, 6.45) is 0.526. The van der Waals surface area contributed by atoms with E-state index in [-0.39, 0.29) is 0 Å². The van der Waals surface area contributed by atoms with Crippen LogP contribution in [0, 0.1) is 5.41 Å². The Bertz CT molecular complexity index is 194. The predicted molar refractivity (Wildman–Crippen MR) is 45.7 cm³/mol. The van der Waals surface area contributed by atoms with E-state index in [1.165, 1.54) is 0 Å². The zero-order valence-corrected chi connectivity index (χ0v) is 7.39. The van der Waals surface area contributed by atoms with Gasteiger partial charge >= 0.3 is 0 Å². The average Bonchev–Trinajstić information content (AvgIpc) is 2.80. The van der Waals surface area contributed by atoms with Crippen LogP contribution >= 0.6 is 0 Å². The van der Waals surface area contributed by atoms with Gasteiger partial charge in [0.1, 0.15) is 0 Å². The summed E-state index contributed by atoms with van der Waals surface area (Å²) in [5.74, 6) is 2.40. The maximum Gasteiger partial charge on any atom is 0.0951 e. The molecular formula is C8H15N3. The lowest BCUT2D eigenvalue weighted by Crippen LogP contribution is -2.23. The van der Waals surface area contributed by atoms with E-state index >= 15 is 0 Å². The zero-order chi connectivity index (χ0) is 8.43. The molecule has 0 radical (unpaired) electrons. The molecule has 1 N–H and O–H groups in total. The lowest BCUT2D eigenvalue weighted by atomic mass is 10.4. The van der Waals surface area contributed by atoms with Crippen molar-refractivity contribution in [3.05, 3.63) is 5.70 Å². The Morgan fingerprint density at radius 2 is 2.45 bits per heavy atom. The summed E-state index contributed by atoms with van der Waals surface area (Å²) in [6, 6.07) is 0. The van der Waals surface area contributed by atoms with Crippen LogP contribution in [0.4, 0.5) is 0 Å². The number of rotatable bonds is 3. The standard InChI is InChI=1S/C8H15N3/c1-4-11-6-8(11)10(3)7(2)5-9/h8-9H,4,6H2,1-3H3/t8-,11?/m0/s1. The van der Waals surface area contributed by atoms with Gasteiger partial charge in [-0.3, -0.25) is 10.3 Å². The molecule has 1 saturated heterocycles. The van der Waals surface area contributed by atoms with E-state index in [0.29, 0.717) is 6.17 Å². The molecule has 0 aromatic heterocycles. The van der Waals surface area contributed by atoms with Crippen molar-refractivity contribution >= 4 is 5.87 Å². The number of hydrogen-bond acceptors (Lipinski definition) is 3. The van der Waals surface area contributed by atoms with Gasteiger partial charge in [0.25, 0.3) is 0 Å². The van der Waals surface area contributed by atoms with E-state index in [9.17, 15) is 0 Å². The van der Waals surface area contributed by atoms with Gasteiger partial charge in [0.05, 0.1) is 11.9 Å². The highest BCUT2D eigenvalue weighted by molar-refractivity contribution is 5.52. The van der Waals surface area contributed by atoms with Crippen LogP contribution in [-0.2, 0) is 0 Å². The first-order valence-electron chi connectivity index (χ1n) is 3.94. The first-order chi connectivity index (χ1) is 5.20. The Kier molecular flexibility index (Phi) is 2.32. The SMILES string of the molecule is CCN1C[C@H]1N(C)C(C)=C=N. The third kappa shape index (κ3) is 1.62. The molecule has 1 aliphatic rings. The van der Waals surface area contributed by atoms with Crippen molar-refractivity contribution in [1.29, 1.82) is 5.41 Å². The monoisotopic (exact) mass is 153 g/mol. The Labute approximate surface area is 67.8 Å². The van der Waals surface area contributed by atoms with Crippen molar-refractivity contribution in [3.63, 3.8) is 0 Å². The normalized spacial score (nSPS) is 27.5. The van der Waals surface area contributed by atoms with Gasteiger partial charge < -0.3 is 4.90 Å². The highest BCUT2D eigenvalue weighted by Crippen LogP contribution is 2.21. The van der Waals surface area contributed by atoms with Gasteiger partial charge in [0.15, 0.2) is 0 Å². The molecule has 1 unspecified atom stereocenters. The zero-order valence-electron chi connectivity index (χ0n) is 7.39. The number of nitrogens with one attached hydrogen (secondary N) is 1. The molecule has 62 valence electrons. The van der Waals surface area contributed by atoms with E-state index in [2.05, 4.69) is 22.6 Å². The van der Waals surface area contributed by atoms with Crippen molar-refractivity contribution in [2.24, 2.45) is 0 Å². The third-order valence-corrected chi connectivity index (χ3v) is 2.25. The molecule has 2 atom stereocenters. The van der Waals surface area contributed by atoms with E-state index in [1.54, 1.807) is 0 Å². The molecular weight excluding hydrogens is 138 g/mol. The van der Waals surface area contributed by atoms with E-state index < -0.39 is 0 Å². The van der Waals surface area contributed by atoms with Crippen molar-refractivity contribution in [2.75, 3.05) is 20.1 Å². The predicted octanol–water partition coefficient (Wildman–Crippen LogP) is 0.732. The molecule has 0 aromatic rings. The fraction of sp³-hybridized carbons (Fsp3) is 0.750. The molecule has 1 heterocycles. The van der Waals surface area contributed by atoms with E-state index in [4.69, 9.17) is 5.41 Å².